The van der Waals surface area contributed by atoms with E-state index in [-0.39, 0.29) is 0 Å². The summed E-state index contributed by atoms with van der Waals surface area (Å²) < 4.78 is 0. The zero-order chi connectivity index (χ0) is 12.5. The number of nitrogens with zero attached hydrogens (tertiary/aromatic N) is 2. The third-order valence-corrected chi connectivity index (χ3v) is 2.91. The molecule has 0 bridgehead atoms. The summed E-state index contributed by atoms with van der Waals surface area (Å²) in [5.41, 5.74) is 7.76. The zero-order valence-corrected chi connectivity index (χ0v) is 9.67. The second-order valence-electron chi connectivity index (χ2n) is 4.08. The average molecular weight is 239 g/mol. The van der Waals surface area contributed by atoms with E-state index in [4.69, 9.17) is 11.1 Å². The topological polar surface area (TPSA) is 78.0 Å². The molecule has 1 aliphatic rings. The minimum absolute atomic E-state index is 0.365. The van der Waals surface area contributed by atoms with Crippen molar-refractivity contribution in [2.45, 2.75) is 6.29 Å². The Hall–Kier alpha value is -2.40. The molecule has 1 aromatic carbocycles. The van der Waals surface area contributed by atoms with Gasteiger partial charge in [-0.2, -0.15) is 0 Å². The molecule has 0 amide bonds. The van der Waals surface area contributed by atoms with E-state index in [2.05, 4.69) is 10.3 Å². The number of hydrogen-bond acceptors (Lipinski definition) is 4. The lowest BCUT2D eigenvalue weighted by Crippen LogP contribution is -2.55. The predicted octanol–water partition coefficient (Wildman–Crippen LogP) is 1.38. The fraction of sp³-hybridized carbons (Fsp3) is 0.0769. The third-order valence-electron chi connectivity index (χ3n) is 2.91. The van der Waals surface area contributed by atoms with Crippen molar-refractivity contribution in [2.24, 2.45) is 5.73 Å². The Morgan fingerprint density at radius 1 is 1.33 bits per heavy atom. The number of pyridine rings is 1. The molecule has 0 saturated carbocycles. The summed E-state index contributed by atoms with van der Waals surface area (Å²) in [6.45, 7) is 0. The van der Waals surface area contributed by atoms with Gasteiger partial charge in [0.25, 0.3) is 0 Å². The molecule has 5 heteroatoms. The highest BCUT2D eigenvalue weighted by Gasteiger charge is 2.20. The van der Waals surface area contributed by atoms with Crippen molar-refractivity contribution in [2.75, 3.05) is 4.90 Å². The molecule has 2 aromatic rings. The van der Waals surface area contributed by atoms with Crippen LogP contribution in [0.5, 0.6) is 0 Å². The Morgan fingerprint density at radius 2 is 2.22 bits per heavy atom. The van der Waals surface area contributed by atoms with Crippen LogP contribution in [0.4, 0.5) is 5.69 Å². The van der Waals surface area contributed by atoms with E-state index in [9.17, 15) is 0 Å². The number of nitrogens with two attached hydrogens (primary N) is 1. The van der Waals surface area contributed by atoms with E-state index in [1.807, 2.05) is 30.3 Å². The molecule has 90 valence electrons. The number of anilines is 1. The summed E-state index contributed by atoms with van der Waals surface area (Å²) in [4.78, 5) is 6.00. The van der Waals surface area contributed by atoms with Gasteiger partial charge in [0, 0.05) is 23.5 Å². The van der Waals surface area contributed by atoms with Gasteiger partial charge in [-0.05, 0) is 30.3 Å². The molecule has 4 N–H and O–H groups in total. The maximum Gasteiger partial charge on any atom is 0.158 e. The lowest BCUT2D eigenvalue weighted by Gasteiger charge is -2.33. The lowest BCUT2D eigenvalue weighted by atomic mass is 10.2. The van der Waals surface area contributed by atoms with Crippen molar-refractivity contribution >= 4 is 22.4 Å². The quantitative estimate of drug-likeness (QED) is 0.702. The largest absolute Gasteiger partial charge is 0.359 e. The number of fused-ring (bicyclic) bond motifs is 1. The van der Waals surface area contributed by atoms with E-state index in [0.29, 0.717) is 5.84 Å². The number of nitrogens with one attached hydrogen (secondary N) is 2. The van der Waals surface area contributed by atoms with Crippen molar-refractivity contribution in [3.63, 3.8) is 0 Å². The Kier molecular flexibility index (Phi) is 2.46. The van der Waals surface area contributed by atoms with Gasteiger partial charge in [0.2, 0.25) is 0 Å². The minimum Gasteiger partial charge on any atom is -0.359 e. The molecule has 0 fully saturated rings. The van der Waals surface area contributed by atoms with Gasteiger partial charge in [-0.15, -0.1) is 0 Å². The van der Waals surface area contributed by atoms with Crippen LogP contribution in [-0.4, -0.2) is 17.1 Å². The number of benzene rings is 1. The monoisotopic (exact) mass is 239 g/mol. The molecule has 1 aliphatic heterocycles. The minimum atomic E-state index is -0.420. The van der Waals surface area contributed by atoms with Crippen molar-refractivity contribution in [1.29, 1.82) is 5.41 Å². The summed E-state index contributed by atoms with van der Waals surface area (Å²) in [6, 6.07) is 9.73. The lowest BCUT2D eigenvalue weighted by molar-refractivity contribution is 0.619. The fourth-order valence-electron chi connectivity index (χ4n) is 2.04. The molecule has 1 unspecified atom stereocenters. The van der Waals surface area contributed by atoms with Crippen molar-refractivity contribution in [3.05, 3.63) is 48.8 Å². The van der Waals surface area contributed by atoms with Crippen molar-refractivity contribution < 1.29 is 0 Å². The smallest absolute Gasteiger partial charge is 0.158 e. The van der Waals surface area contributed by atoms with Crippen molar-refractivity contribution in [3.8, 4) is 0 Å². The van der Waals surface area contributed by atoms with Crippen LogP contribution < -0.4 is 16.0 Å². The molecular formula is C13H13N5. The first-order valence-electron chi connectivity index (χ1n) is 5.66. The maximum absolute atomic E-state index is 7.93. The van der Waals surface area contributed by atoms with E-state index in [1.165, 1.54) is 0 Å². The Labute approximate surface area is 104 Å². The van der Waals surface area contributed by atoms with Crippen LogP contribution in [0.1, 0.15) is 0 Å². The molecule has 0 spiro atoms. The molecular weight excluding hydrogens is 226 g/mol. The van der Waals surface area contributed by atoms with Crippen LogP contribution >= 0.6 is 0 Å². The van der Waals surface area contributed by atoms with Crippen molar-refractivity contribution in [1.82, 2.24) is 10.3 Å². The highest BCUT2D eigenvalue weighted by Crippen LogP contribution is 2.22. The van der Waals surface area contributed by atoms with Gasteiger partial charge in [-0.3, -0.25) is 21.0 Å². The Morgan fingerprint density at radius 3 is 3.06 bits per heavy atom. The molecule has 1 aromatic heterocycles. The summed E-state index contributed by atoms with van der Waals surface area (Å²) in [5, 5.41) is 11.9. The summed E-state index contributed by atoms with van der Waals surface area (Å²) >= 11 is 0. The first-order valence-corrected chi connectivity index (χ1v) is 5.66. The first kappa shape index (κ1) is 10.7. The van der Waals surface area contributed by atoms with Gasteiger partial charge < -0.3 is 5.32 Å². The van der Waals surface area contributed by atoms with Crippen LogP contribution in [-0.2, 0) is 0 Å². The molecule has 18 heavy (non-hydrogen) atoms. The van der Waals surface area contributed by atoms with E-state index in [1.54, 1.807) is 23.4 Å². The Bertz CT molecular complexity index is 634. The maximum atomic E-state index is 7.93. The van der Waals surface area contributed by atoms with Gasteiger partial charge in [0.15, 0.2) is 6.29 Å². The van der Waals surface area contributed by atoms with Gasteiger partial charge in [0.1, 0.15) is 5.84 Å². The van der Waals surface area contributed by atoms with Crippen LogP contribution in [0.25, 0.3) is 10.9 Å². The highest BCUT2D eigenvalue weighted by molar-refractivity contribution is 6.05. The molecule has 0 saturated heterocycles. The third kappa shape index (κ3) is 1.70. The van der Waals surface area contributed by atoms with E-state index in [0.717, 1.165) is 16.6 Å². The van der Waals surface area contributed by atoms with Crippen LogP contribution in [0.2, 0.25) is 0 Å². The Balaban J connectivity index is 2.08. The normalized spacial score (nSPS) is 19.1. The van der Waals surface area contributed by atoms with Crippen LogP contribution in [0, 0.1) is 5.41 Å². The predicted molar refractivity (Wildman–Crippen MR) is 72.2 cm³/mol. The van der Waals surface area contributed by atoms with Gasteiger partial charge >= 0.3 is 0 Å². The molecule has 1 atom stereocenters. The van der Waals surface area contributed by atoms with E-state index < -0.39 is 6.29 Å². The summed E-state index contributed by atoms with van der Waals surface area (Å²) in [7, 11) is 0. The molecule has 0 aliphatic carbocycles. The SMILES string of the molecule is N=C1C=CNC(N)N1c1ccc2ncccc2c1. The average Bonchev–Trinajstić information content (AvgIpc) is 2.38. The number of aromatic nitrogens is 1. The van der Waals surface area contributed by atoms with Gasteiger partial charge in [-0.25, -0.2) is 0 Å². The second-order valence-corrected chi connectivity index (χ2v) is 4.08. The highest BCUT2D eigenvalue weighted by atomic mass is 15.4. The second kappa shape index (κ2) is 4.12. The van der Waals surface area contributed by atoms with E-state index >= 15 is 0 Å². The van der Waals surface area contributed by atoms with Crippen LogP contribution in [0.15, 0.2) is 48.8 Å². The zero-order valence-electron chi connectivity index (χ0n) is 9.67. The van der Waals surface area contributed by atoms with Crippen LogP contribution in [0.3, 0.4) is 0 Å². The number of amidine groups is 1. The fourth-order valence-corrected chi connectivity index (χ4v) is 2.04. The number of rotatable bonds is 1. The first-order chi connectivity index (χ1) is 8.75. The molecule has 5 nitrogen and oxygen atoms in total. The van der Waals surface area contributed by atoms with Gasteiger partial charge in [0.05, 0.1) is 5.52 Å². The molecule has 2 heterocycles. The molecule has 3 rings (SSSR count). The summed E-state index contributed by atoms with van der Waals surface area (Å²) in [5.74, 6) is 0.365. The summed E-state index contributed by atoms with van der Waals surface area (Å²) in [6.07, 6.45) is 4.71. The standard InChI is InChI=1S/C13H13N5/c14-12-5-7-17-13(15)18(12)10-3-4-11-9(8-10)2-1-6-16-11/h1-8,13-14,17H,15H2. The molecule has 0 radical (unpaired) electrons. The van der Waals surface area contributed by atoms with Gasteiger partial charge in [-0.1, -0.05) is 6.07 Å². The number of hydrogen-bond donors (Lipinski definition) is 3.